The highest BCUT2D eigenvalue weighted by molar-refractivity contribution is 5.94. The van der Waals surface area contributed by atoms with Crippen LogP contribution in [0.3, 0.4) is 0 Å². The van der Waals surface area contributed by atoms with Gasteiger partial charge in [0.2, 0.25) is 11.8 Å². The van der Waals surface area contributed by atoms with Crippen LogP contribution in [0.4, 0.5) is 0 Å². The summed E-state index contributed by atoms with van der Waals surface area (Å²) in [5.41, 5.74) is -0.288. The Bertz CT molecular complexity index is 637. The second kappa shape index (κ2) is 9.22. The molecule has 1 saturated carbocycles. The summed E-state index contributed by atoms with van der Waals surface area (Å²) in [4.78, 5) is 36.2. The zero-order valence-electron chi connectivity index (χ0n) is 15.4. The molecule has 0 aromatic heterocycles. The van der Waals surface area contributed by atoms with Crippen LogP contribution in [0.1, 0.15) is 49.4 Å². The van der Waals surface area contributed by atoms with Crippen molar-refractivity contribution in [2.24, 2.45) is 0 Å². The summed E-state index contributed by atoms with van der Waals surface area (Å²) in [6, 6.07) is 6.80. The molecule has 0 bridgehead atoms. The van der Waals surface area contributed by atoms with Crippen molar-refractivity contribution >= 4 is 17.7 Å². The zero-order chi connectivity index (χ0) is 19.0. The summed E-state index contributed by atoms with van der Waals surface area (Å²) in [5, 5.41) is 8.43. The molecule has 7 nitrogen and oxygen atoms in total. The average Bonchev–Trinajstić information content (AvgIpc) is 2.65. The van der Waals surface area contributed by atoms with E-state index in [4.69, 9.17) is 4.74 Å². The van der Waals surface area contributed by atoms with E-state index >= 15 is 0 Å². The van der Waals surface area contributed by atoms with E-state index in [0.717, 1.165) is 19.3 Å². The number of carbonyl (C=O) groups excluding carboxylic acids is 3. The van der Waals surface area contributed by atoms with E-state index in [0.29, 0.717) is 37.2 Å². The first kappa shape index (κ1) is 19.8. The lowest BCUT2D eigenvalue weighted by atomic mass is 9.80. The molecule has 1 aromatic rings. The third-order valence-corrected chi connectivity index (χ3v) is 4.61. The largest absolute Gasteiger partial charge is 0.497 e. The van der Waals surface area contributed by atoms with Gasteiger partial charge in [0, 0.05) is 25.6 Å². The predicted octanol–water partition coefficient (Wildman–Crippen LogP) is 1.38. The minimum Gasteiger partial charge on any atom is -0.497 e. The van der Waals surface area contributed by atoms with Crippen molar-refractivity contribution in [3.05, 3.63) is 29.8 Å². The third kappa shape index (κ3) is 5.21. The van der Waals surface area contributed by atoms with Crippen molar-refractivity contribution in [3.63, 3.8) is 0 Å². The van der Waals surface area contributed by atoms with E-state index < -0.39 is 5.54 Å². The molecule has 26 heavy (non-hydrogen) atoms. The van der Waals surface area contributed by atoms with E-state index in [-0.39, 0.29) is 17.7 Å². The van der Waals surface area contributed by atoms with Crippen molar-refractivity contribution in [1.29, 1.82) is 0 Å². The van der Waals surface area contributed by atoms with Gasteiger partial charge in [-0.15, -0.1) is 0 Å². The fraction of sp³-hybridized carbons (Fsp3) is 0.526. The smallest absolute Gasteiger partial charge is 0.251 e. The van der Waals surface area contributed by atoms with E-state index in [1.165, 1.54) is 6.92 Å². The van der Waals surface area contributed by atoms with Gasteiger partial charge in [0.05, 0.1) is 7.11 Å². The number of ether oxygens (including phenoxy) is 1. The Morgan fingerprint density at radius 1 is 1.00 bits per heavy atom. The topological polar surface area (TPSA) is 96.5 Å². The first-order chi connectivity index (χ1) is 12.5. The molecule has 0 radical (unpaired) electrons. The van der Waals surface area contributed by atoms with Gasteiger partial charge in [0.1, 0.15) is 11.3 Å². The van der Waals surface area contributed by atoms with Crippen molar-refractivity contribution < 1.29 is 19.1 Å². The minimum atomic E-state index is -0.815. The summed E-state index contributed by atoms with van der Waals surface area (Å²) in [5.74, 6) is 0.0988. The maximum Gasteiger partial charge on any atom is 0.251 e. The number of hydrogen-bond acceptors (Lipinski definition) is 4. The zero-order valence-corrected chi connectivity index (χ0v) is 15.4. The number of amides is 3. The molecular weight excluding hydrogens is 334 g/mol. The highest BCUT2D eigenvalue weighted by Crippen LogP contribution is 2.28. The molecule has 0 spiro atoms. The Morgan fingerprint density at radius 3 is 2.19 bits per heavy atom. The van der Waals surface area contributed by atoms with Crippen molar-refractivity contribution in [2.45, 2.75) is 44.6 Å². The fourth-order valence-corrected chi connectivity index (χ4v) is 3.27. The van der Waals surface area contributed by atoms with Crippen molar-refractivity contribution in [2.75, 3.05) is 20.2 Å². The van der Waals surface area contributed by atoms with Crippen LogP contribution in [0.5, 0.6) is 5.75 Å². The molecular formula is C19H27N3O4. The summed E-state index contributed by atoms with van der Waals surface area (Å²) in [6.07, 6.45) is 4.21. The van der Waals surface area contributed by atoms with Crippen LogP contribution < -0.4 is 20.7 Å². The summed E-state index contributed by atoms with van der Waals surface area (Å²) in [7, 11) is 1.57. The Kier molecular flexibility index (Phi) is 7.00. The molecule has 7 heteroatoms. The van der Waals surface area contributed by atoms with Gasteiger partial charge in [-0.25, -0.2) is 0 Å². The third-order valence-electron chi connectivity index (χ3n) is 4.61. The predicted molar refractivity (Wildman–Crippen MR) is 98.0 cm³/mol. The molecule has 2 rings (SSSR count). The Balaban J connectivity index is 1.80. The number of hydrogen-bond donors (Lipinski definition) is 3. The van der Waals surface area contributed by atoms with Crippen LogP contribution in [-0.2, 0) is 9.59 Å². The van der Waals surface area contributed by atoms with E-state index in [1.807, 2.05) is 0 Å². The number of nitrogens with one attached hydrogen (secondary N) is 3. The molecule has 3 amide bonds. The van der Waals surface area contributed by atoms with Crippen LogP contribution in [0.25, 0.3) is 0 Å². The number of methoxy groups -OCH3 is 1. The monoisotopic (exact) mass is 361 g/mol. The normalized spacial score (nSPS) is 15.6. The van der Waals surface area contributed by atoms with E-state index in [2.05, 4.69) is 16.0 Å². The molecule has 0 aliphatic heterocycles. The van der Waals surface area contributed by atoms with Crippen molar-refractivity contribution in [3.8, 4) is 5.75 Å². The molecule has 0 atom stereocenters. The van der Waals surface area contributed by atoms with Crippen LogP contribution in [0.2, 0.25) is 0 Å². The van der Waals surface area contributed by atoms with Gasteiger partial charge >= 0.3 is 0 Å². The van der Waals surface area contributed by atoms with Gasteiger partial charge in [-0.05, 0) is 37.1 Å². The Hall–Kier alpha value is -2.57. The molecule has 1 aliphatic carbocycles. The van der Waals surface area contributed by atoms with Gasteiger partial charge in [-0.3, -0.25) is 14.4 Å². The summed E-state index contributed by atoms with van der Waals surface area (Å²) >= 11 is 0. The average molecular weight is 361 g/mol. The van der Waals surface area contributed by atoms with Gasteiger partial charge in [0.25, 0.3) is 5.91 Å². The summed E-state index contributed by atoms with van der Waals surface area (Å²) < 4.78 is 5.06. The lowest BCUT2D eigenvalue weighted by Gasteiger charge is -2.36. The molecule has 3 N–H and O–H groups in total. The van der Waals surface area contributed by atoms with Gasteiger partial charge in [0.15, 0.2) is 0 Å². The quantitative estimate of drug-likeness (QED) is 0.639. The number of benzene rings is 1. The summed E-state index contributed by atoms with van der Waals surface area (Å²) in [6.45, 7) is 2.05. The molecule has 1 aromatic carbocycles. The Morgan fingerprint density at radius 2 is 1.62 bits per heavy atom. The highest BCUT2D eigenvalue weighted by Gasteiger charge is 2.39. The standard InChI is InChI=1S/C19H27N3O4/c1-14(23)22-19(10-4-3-5-11-19)18(25)21-13-12-20-17(24)15-6-8-16(26-2)9-7-15/h6-9H,3-5,10-13H2,1-2H3,(H,20,24)(H,21,25)(H,22,23). The van der Waals surface area contributed by atoms with E-state index in [1.54, 1.807) is 31.4 Å². The van der Waals surface area contributed by atoms with Gasteiger partial charge in [-0.2, -0.15) is 0 Å². The number of carbonyl (C=O) groups is 3. The van der Waals surface area contributed by atoms with Crippen LogP contribution in [0.15, 0.2) is 24.3 Å². The van der Waals surface area contributed by atoms with Gasteiger partial charge < -0.3 is 20.7 Å². The van der Waals surface area contributed by atoms with Crippen molar-refractivity contribution in [1.82, 2.24) is 16.0 Å². The lowest BCUT2D eigenvalue weighted by molar-refractivity contribution is -0.134. The maximum absolute atomic E-state index is 12.6. The maximum atomic E-state index is 12.6. The molecule has 0 saturated heterocycles. The van der Waals surface area contributed by atoms with Gasteiger partial charge in [-0.1, -0.05) is 19.3 Å². The second-order valence-electron chi connectivity index (χ2n) is 6.56. The second-order valence-corrected chi connectivity index (χ2v) is 6.56. The highest BCUT2D eigenvalue weighted by atomic mass is 16.5. The molecule has 142 valence electrons. The first-order valence-electron chi connectivity index (χ1n) is 8.96. The molecule has 1 aliphatic rings. The van der Waals surface area contributed by atoms with Crippen LogP contribution in [0, 0.1) is 0 Å². The van der Waals surface area contributed by atoms with Crippen LogP contribution >= 0.6 is 0 Å². The molecule has 1 fully saturated rings. The SMILES string of the molecule is COc1ccc(C(=O)NCCNC(=O)C2(NC(C)=O)CCCCC2)cc1. The van der Waals surface area contributed by atoms with E-state index in [9.17, 15) is 14.4 Å². The fourth-order valence-electron chi connectivity index (χ4n) is 3.27. The minimum absolute atomic E-state index is 0.175. The Labute approximate surface area is 153 Å². The molecule has 0 heterocycles. The number of rotatable bonds is 7. The lowest BCUT2D eigenvalue weighted by Crippen LogP contribution is -2.59. The van der Waals surface area contributed by atoms with Crippen LogP contribution in [-0.4, -0.2) is 43.5 Å². The molecule has 0 unspecified atom stereocenters. The first-order valence-corrected chi connectivity index (χ1v) is 8.96.